The van der Waals surface area contributed by atoms with Crippen molar-refractivity contribution in [1.82, 2.24) is 0 Å². The minimum absolute atomic E-state index is 0. The summed E-state index contributed by atoms with van der Waals surface area (Å²) in [5, 5.41) is 8.26. The summed E-state index contributed by atoms with van der Waals surface area (Å²) in [7, 11) is 0. The highest BCUT2D eigenvalue weighted by Gasteiger charge is 1.97. The van der Waals surface area contributed by atoms with E-state index < -0.39 is 11.9 Å². The van der Waals surface area contributed by atoms with E-state index in [-0.39, 0.29) is 4.70 Å². The van der Waals surface area contributed by atoms with Crippen LogP contribution in [0, 0.1) is 0 Å². The minimum Gasteiger partial charge on any atom is -0.478 e. The third-order valence-electron chi connectivity index (χ3n) is 2.10. The Kier molecular flexibility index (Phi) is 13.4. The third-order valence-corrected chi connectivity index (χ3v) is 2.10. The van der Waals surface area contributed by atoms with Gasteiger partial charge in [-0.3, -0.25) is 4.70 Å². The average molecular weight is 248 g/mol. The molecule has 0 bridgehead atoms. The van der Waals surface area contributed by atoms with E-state index in [0.717, 1.165) is 31.4 Å². The molecule has 1 N–H and O–H groups in total. The number of carboxylic acids is 1. The number of ether oxygens (including phenoxy) is 1. The summed E-state index contributed by atoms with van der Waals surface area (Å²) in [6.07, 6.45) is 8.46. The lowest BCUT2D eigenvalue weighted by molar-refractivity contribution is -0.138. The molecule has 100 valence electrons. The van der Waals surface area contributed by atoms with Crippen molar-refractivity contribution in [2.24, 2.45) is 0 Å². The van der Waals surface area contributed by atoms with E-state index in [0.29, 0.717) is 6.61 Å². The Bertz CT molecular complexity index is 239. The fraction of sp³-hybridized carbons (Fsp3) is 0.667. The first-order chi connectivity index (χ1) is 7.66. The van der Waals surface area contributed by atoms with Gasteiger partial charge in [0.05, 0.1) is 6.61 Å². The van der Waals surface area contributed by atoms with E-state index in [2.05, 4.69) is 6.92 Å². The lowest BCUT2D eigenvalue weighted by Gasteiger charge is -2.01. The van der Waals surface area contributed by atoms with E-state index in [1.54, 1.807) is 0 Å². The molecule has 0 atom stereocenters. The Labute approximate surface area is 101 Å². The second kappa shape index (κ2) is 12.7. The number of hydrogen-bond acceptors (Lipinski definition) is 3. The van der Waals surface area contributed by atoms with Crippen LogP contribution in [-0.2, 0) is 14.3 Å². The smallest absolute Gasteiger partial charge is 0.331 e. The van der Waals surface area contributed by atoms with Crippen LogP contribution in [0.5, 0.6) is 0 Å². The molecule has 0 aliphatic rings. The van der Waals surface area contributed by atoms with E-state index in [1.807, 2.05) is 0 Å². The molecule has 0 unspecified atom stereocenters. The molecular weight excluding hydrogens is 227 g/mol. The van der Waals surface area contributed by atoms with Crippen LogP contribution in [0.25, 0.3) is 0 Å². The summed E-state index contributed by atoms with van der Waals surface area (Å²) >= 11 is 0. The molecule has 0 radical (unpaired) electrons. The monoisotopic (exact) mass is 248 g/mol. The van der Waals surface area contributed by atoms with Crippen molar-refractivity contribution in [3.63, 3.8) is 0 Å². The second-order valence-electron chi connectivity index (χ2n) is 3.61. The molecule has 5 heteroatoms. The molecule has 0 spiro atoms. The van der Waals surface area contributed by atoms with Crippen LogP contribution in [0.15, 0.2) is 12.2 Å². The maximum absolute atomic E-state index is 10.9. The Morgan fingerprint density at radius 3 is 2.24 bits per heavy atom. The van der Waals surface area contributed by atoms with Gasteiger partial charge in [0.2, 0.25) is 0 Å². The molecule has 0 amide bonds. The van der Waals surface area contributed by atoms with Crippen LogP contribution in [0.2, 0.25) is 0 Å². The van der Waals surface area contributed by atoms with Gasteiger partial charge in [-0.1, -0.05) is 39.0 Å². The normalized spacial score (nSPS) is 9.94. The summed E-state index contributed by atoms with van der Waals surface area (Å²) < 4.78 is 4.81. The molecule has 0 saturated heterocycles. The Balaban J connectivity index is 0. The summed E-state index contributed by atoms with van der Waals surface area (Å²) in [5.74, 6) is -1.73. The van der Waals surface area contributed by atoms with Gasteiger partial charge in [0.25, 0.3) is 0 Å². The van der Waals surface area contributed by atoms with Gasteiger partial charge in [0.1, 0.15) is 0 Å². The Morgan fingerprint density at radius 2 is 1.65 bits per heavy atom. The Hall–Kier alpha value is -1.39. The van der Waals surface area contributed by atoms with Crippen LogP contribution in [0.3, 0.4) is 0 Å². The number of rotatable bonds is 9. The zero-order valence-corrected chi connectivity index (χ0v) is 10.2. The number of halogens is 1. The van der Waals surface area contributed by atoms with E-state index >= 15 is 0 Å². The molecule has 0 heterocycles. The van der Waals surface area contributed by atoms with Crippen molar-refractivity contribution in [1.29, 1.82) is 0 Å². The quantitative estimate of drug-likeness (QED) is 0.387. The van der Waals surface area contributed by atoms with Gasteiger partial charge < -0.3 is 9.84 Å². The van der Waals surface area contributed by atoms with Crippen molar-refractivity contribution in [2.45, 2.75) is 45.4 Å². The van der Waals surface area contributed by atoms with Crippen molar-refractivity contribution < 1.29 is 24.1 Å². The minimum atomic E-state index is -1.14. The first kappa shape index (κ1) is 18.0. The SMILES string of the molecule is CCCCCCCCOC(=O)/C=C\C(=O)O.F. The molecule has 0 aromatic rings. The molecule has 0 saturated carbocycles. The highest BCUT2D eigenvalue weighted by Crippen LogP contribution is 2.04. The fourth-order valence-corrected chi connectivity index (χ4v) is 1.24. The van der Waals surface area contributed by atoms with Crippen LogP contribution >= 0.6 is 0 Å². The van der Waals surface area contributed by atoms with Crippen LogP contribution in [-0.4, -0.2) is 23.7 Å². The van der Waals surface area contributed by atoms with Gasteiger partial charge in [-0.05, 0) is 6.42 Å². The fourth-order valence-electron chi connectivity index (χ4n) is 1.24. The molecule has 0 fully saturated rings. The standard InChI is InChI=1S/C12H20O4.FH/c1-2-3-4-5-6-7-10-16-12(15)9-8-11(13)14;/h8-9H,2-7,10H2,1H3,(H,13,14);1H/b9-8-;. The van der Waals surface area contributed by atoms with Crippen molar-refractivity contribution >= 4 is 11.9 Å². The van der Waals surface area contributed by atoms with Crippen LogP contribution in [0.4, 0.5) is 4.70 Å². The van der Waals surface area contributed by atoms with E-state index in [1.165, 1.54) is 19.3 Å². The number of unbranched alkanes of at least 4 members (excludes halogenated alkanes) is 5. The van der Waals surface area contributed by atoms with Gasteiger partial charge in [0, 0.05) is 12.2 Å². The maximum atomic E-state index is 10.9. The van der Waals surface area contributed by atoms with Crippen molar-refractivity contribution in [3.8, 4) is 0 Å². The number of hydrogen-bond donors (Lipinski definition) is 1. The highest BCUT2D eigenvalue weighted by molar-refractivity contribution is 5.90. The van der Waals surface area contributed by atoms with Crippen LogP contribution < -0.4 is 0 Å². The zero-order chi connectivity index (χ0) is 12.2. The van der Waals surface area contributed by atoms with Gasteiger partial charge in [-0.25, -0.2) is 9.59 Å². The molecule has 0 aliphatic carbocycles. The topological polar surface area (TPSA) is 63.6 Å². The lowest BCUT2D eigenvalue weighted by atomic mass is 10.1. The molecule has 0 aliphatic heterocycles. The average Bonchev–Trinajstić information content (AvgIpc) is 2.25. The number of carbonyl (C=O) groups excluding carboxylic acids is 1. The van der Waals surface area contributed by atoms with Gasteiger partial charge in [-0.15, -0.1) is 0 Å². The molecule has 17 heavy (non-hydrogen) atoms. The lowest BCUT2D eigenvalue weighted by Crippen LogP contribution is -2.03. The predicted molar refractivity (Wildman–Crippen MR) is 63.6 cm³/mol. The van der Waals surface area contributed by atoms with Crippen molar-refractivity contribution in [3.05, 3.63) is 12.2 Å². The number of esters is 1. The number of carbonyl (C=O) groups is 2. The number of carboxylic acid groups (broad SMARTS) is 1. The highest BCUT2D eigenvalue weighted by atomic mass is 19.0. The van der Waals surface area contributed by atoms with E-state index in [4.69, 9.17) is 9.84 Å². The summed E-state index contributed by atoms with van der Waals surface area (Å²) in [5.41, 5.74) is 0. The Morgan fingerprint density at radius 1 is 1.06 bits per heavy atom. The maximum Gasteiger partial charge on any atom is 0.331 e. The molecule has 0 aromatic heterocycles. The number of aliphatic carboxylic acids is 1. The van der Waals surface area contributed by atoms with Crippen LogP contribution in [0.1, 0.15) is 45.4 Å². The van der Waals surface area contributed by atoms with Gasteiger partial charge >= 0.3 is 11.9 Å². The largest absolute Gasteiger partial charge is 0.478 e. The summed E-state index contributed by atoms with van der Waals surface area (Å²) in [6, 6.07) is 0. The predicted octanol–water partition coefficient (Wildman–Crippen LogP) is 2.68. The molecule has 0 rings (SSSR count). The van der Waals surface area contributed by atoms with Crippen molar-refractivity contribution in [2.75, 3.05) is 6.61 Å². The zero-order valence-electron chi connectivity index (χ0n) is 10.2. The first-order valence-electron chi connectivity index (χ1n) is 5.74. The second-order valence-corrected chi connectivity index (χ2v) is 3.61. The summed E-state index contributed by atoms with van der Waals surface area (Å²) in [4.78, 5) is 21.0. The third kappa shape index (κ3) is 14.6. The molecule has 0 aromatic carbocycles. The van der Waals surface area contributed by atoms with Gasteiger partial charge in [0.15, 0.2) is 0 Å². The first-order valence-corrected chi connectivity index (χ1v) is 5.74. The van der Waals surface area contributed by atoms with E-state index in [9.17, 15) is 9.59 Å². The molecular formula is C12H21FO4. The molecule has 4 nitrogen and oxygen atoms in total. The summed E-state index contributed by atoms with van der Waals surface area (Å²) in [6.45, 7) is 2.53. The van der Waals surface area contributed by atoms with Gasteiger partial charge in [-0.2, -0.15) is 0 Å².